The smallest absolute Gasteiger partial charge is 0.255 e. The Hall–Kier alpha value is -1.42. The van der Waals surface area contributed by atoms with Crippen molar-refractivity contribution in [1.29, 1.82) is 0 Å². The average molecular weight is 247 g/mol. The van der Waals surface area contributed by atoms with E-state index in [2.05, 4.69) is 4.98 Å². The Morgan fingerprint density at radius 1 is 1.56 bits per heavy atom. The van der Waals surface area contributed by atoms with Crippen molar-refractivity contribution in [3.63, 3.8) is 0 Å². The fourth-order valence-corrected chi connectivity index (χ4v) is 2.27. The van der Waals surface area contributed by atoms with Crippen molar-refractivity contribution in [3.8, 4) is 0 Å². The molecule has 0 unspecified atom stereocenters. The molecule has 2 rings (SSSR count). The third-order valence-corrected chi connectivity index (χ3v) is 3.62. The molecule has 1 amide bonds. The number of pyridine rings is 1. The molecule has 2 N–H and O–H groups in total. The number of nitrogens with two attached hydrogens (primary N) is 1. The Bertz CT molecular complexity index is 415. The summed E-state index contributed by atoms with van der Waals surface area (Å²) in [5, 5.41) is 0. The van der Waals surface area contributed by atoms with Crippen molar-refractivity contribution in [2.45, 2.75) is 38.6 Å². The van der Waals surface area contributed by atoms with Crippen LogP contribution >= 0.6 is 0 Å². The molecule has 1 aliphatic carbocycles. The Kier molecular flexibility index (Phi) is 4.31. The zero-order valence-corrected chi connectivity index (χ0v) is 10.9. The molecule has 1 heterocycles. The van der Waals surface area contributed by atoms with Gasteiger partial charge in [0, 0.05) is 24.5 Å². The molecule has 1 aromatic rings. The van der Waals surface area contributed by atoms with Crippen LogP contribution in [0.25, 0.3) is 0 Å². The maximum atomic E-state index is 12.6. The summed E-state index contributed by atoms with van der Waals surface area (Å²) in [4.78, 5) is 18.7. The summed E-state index contributed by atoms with van der Waals surface area (Å²) in [6.45, 7) is 3.27. The lowest BCUT2D eigenvalue weighted by atomic mass is 9.90. The van der Waals surface area contributed by atoms with Gasteiger partial charge in [-0.05, 0) is 51.3 Å². The Morgan fingerprint density at radius 3 is 2.89 bits per heavy atom. The van der Waals surface area contributed by atoms with Crippen molar-refractivity contribution in [1.82, 2.24) is 9.88 Å². The summed E-state index contributed by atoms with van der Waals surface area (Å²) in [5.74, 6) is 0.110. The van der Waals surface area contributed by atoms with E-state index in [1.165, 1.54) is 6.42 Å². The van der Waals surface area contributed by atoms with Crippen LogP contribution in [0.2, 0.25) is 0 Å². The minimum absolute atomic E-state index is 0.110. The van der Waals surface area contributed by atoms with Crippen molar-refractivity contribution in [3.05, 3.63) is 29.6 Å². The highest BCUT2D eigenvalue weighted by molar-refractivity contribution is 5.95. The number of amides is 1. The van der Waals surface area contributed by atoms with Gasteiger partial charge in [-0.25, -0.2) is 0 Å². The van der Waals surface area contributed by atoms with Gasteiger partial charge in [0.15, 0.2) is 0 Å². The molecule has 0 radical (unpaired) electrons. The second-order valence-electron chi connectivity index (χ2n) is 4.86. The minimum atomic E-state index is 0.110. The van der Waals surface area contributed by atoms with E-state index in [4.69, 9.17) is 5.73 Å². The molecule has 0 bridgehead atoms. The van der Waals surface area contributed by atoms with Gasteiger partial charge in [0.05, 0.1) is 5.56 Å². The zero-order valence-electron chi connectivity index (χ0n) is 10.9. The van der Waals surface area contributed by atoms with E-state index in [1.54, 1.807) is 6.20 Å². The summed E-state index contributed by atoms with van der Waals surface area (Å²) < 4.78 is 0. The van der Waals surface area contributed by atoms with Gasteiger partial charge in [-0.3, -0.25) is 9.78 Å². The van der Waals surface area contributed by atoms with Crippen LogP contribution in [0, 0.1) is 6.92 Å². The van der Waals surface area contributed by atoms with E-state index < -0.39 is 0 Å². The van der Waals surface area contributed by atoms with Crippen LogP contribution < -0.4 is 5.73 Å². The summed E-state index contributed by atoms with van der Waals surface area (Å²) >= 11 is 0. The predicted molar refractivity (Wildman–Crippen MR) is 71.3 cm³/mol. The number of aryl methyl sites for hydroxylation is 1. The number of rotatable bonds is 5. The van der Waals surface area contributed by atoms with Gasteiger partial charge < -0.3 is 10.6 Å². The van der Waals surface area contributed by atoms with Crippen LogP contribution in [-0.4, -0.2) is 34.9 Å². The number of aromatic nitrogens is 1. The topological polar surface area (TPSA) is 59.2 Å². The lowest BCUT2D eigenvalue weighted by molar-refractivity contribution is 0.0577. The monoisotopic (exact) mass is 247 g/mol. The van der Waals surface area contributed by atoms with Crippen LogP contribution in [0.1, 0.15) is 41.7 Å². The van der Waals surface area contributed by atoms with E-state index >= 15 is 0 Å². The number of hydrogen-bond donors (Lipinski definition) is 1. The lowest BCUT2D eigenvalue weighted by Crippen LogP contribution is -2.45. The first kappa shape index (κ1) is 13.0. The van der Waals surface area contributed by atoms with Crippen LogP contribution in [-0.2, 0) is 0 Å². The molecule has 4 heteroatoms. The van der Waals surface area contributed by atoms with Gasteiger partial charge >= 0.3 is 0 Å². The highest BCUT2D eigenvalue weighted by atomic mass is 16.2. The largest absolute Gasteiger partial charge is 0.336 e. The van der Waals surface area contributed by atoms with E-state index in [-0.39, 0.29) is 5.91 Å². The normalized spacial score (nSPS) is 15.2. The van der Waals surface area contributed by atoms with E-state index in [9.17, 15) is 4.79 Å². The first-order valence-corrected chi connectivity index (χ1v) is 6.66. The van der Waals surface area contributed by atoms with Gasteiger partial charge in [-0.1, -0.05) is 0 Å². The van der Waals surface area contributed by atoms with Crippen LogP contribution in [0.5, 0.6) is 0 Å². The Morgan fingerprint density at radius 2 is 2.33 bits per heavy atom. The van der Waals surface area contributed by atoms with Gasteiger partial charge in [-0.2, -0.15) is 0 Å². The molecule has 0 aromatic carbocycles. The minimum Gasteiger partial charge on any atom is -0.336 e. The average Bonchev–Trinajstić information content (AvgIpc) is 2.32. The predicted octanol–water partition coefficient (Wildman–Crippen LogP) is 1.73. The summed E-state index contributed by atoms with van der Waals surface area (Å²) in [6.07, 6.45) is 6.05. The molecular formula is C14H21N3O. The summed E-state index contributed by atoms with van der Waals surface area (Å²) in [5.41, 5.74) is 7.08. The van der Waals surface area contributed by atoms with Crippen molar-refractivity contribution in [2.24, 2.45) is 5.73 Å². The summed E-state index contributed by atoms with van der Waals surface area (Å²) in [7, 11) is 0. The Labute approximate surface area is 108 Å². The molecule has 1 saturated carbocycles. The highest BCUT2D eigenvalue weighted by Crippen LogP contribution is 2.26. The quantitative estimate of drug-likeness (QED) is 0.862. The molecule has 1 aliphatic rings. The van der Waals surface area contributed by atoms with Gasteiger partial charge in [0.25, 0.3) is 5.91 Å². The Balaban J connectivity index is 2.14. The molecule has 98 valence electrons. The van der Waals surface area contributed by atoms with Crippen molar-refractivity contribution in [2.75, 3.05) is 13.1 Å². The molecule has 0 saturated heterocycles. The van der Waals surface area contributed by atoms with E-state index in [0.717, 1.165) is 37.1 Å². The van der Waals surface area contributed by atoms with Crippen molar-refractivity contribution >= 4 is 5.91 Å². The molecule has 18 heavy (non-hydrogen) atoms. The van der Waals surface area contributed by atoms with Crippen molar-refractivity contribution < 1.29 is 4.79 Å². The number of carbonyl (C=O) groups excluding carboxylic acids is 1. The lowest BCUT2D eigenvalue weighted by Gasteiger charge is -2.37. The molecule has 0 atom stereocenters. The van der Waals surface area contributed by atoms with Crippen LogP contribution in [0.3, 0.4) is 0 Å². The van der Waals surface area contributed by atoms with Gasteiger partial charge in [-0.15, -0.1) is 0 Å². The first-order valence-electron chi connectivity index (χ1n) is 6.66. The number of carbonyl (C=O) groups is 1. The second kappa shape index (κ2) is 5.96. The highest BCUT2D eigenvalue weighted by Gasteiger charge is 2.29. The third-order valence-electron chi connectivity index (χ3n) is 3.62. The van der Waals surface area contributed by atoms with Crippen LogP contribution in [0.15, 0.2) is 18.3 Å². The molecule has 4 nitrogen and oxygen atoms in total. The third kappa shape index (κ3) is 2.70. The fraction of sp³-hybridized carbons (Fsp3) is 0.571. The molecule has 1 aromatic heterocycles. The number of hydrogen-bond acceptors (Lipinski definition) is 3. The van der Waals surface area contributed by atoms with E-state index in [1.807, 2.05) is 24.0 Å². The summed E-state index contributed by atoms with van der Waals surface area (Å²) in [6, 6.07) is 4.09. The van der Waals surface area contributed by atoms with Crippen LogP contribution in [0.4, 0.5) is 0 Å². The second-order valence-corrected chi connectivity index (χ2v) is 4.86. The maximum absolute atomic E-state index is 12.6. The molecule has 1 fully saturated rings. The molecular weight excluding hydrogens is 226 g/mol. The van der Waals surface area contributed by atoms with Gasteiger partial charge in [0.1, 0.15) is 0 Å². The molecule has 0 aliphatic heterocycles. The standard InChI is InChI=1S/C14H21N3O/c1-11-13(7-3-9-16-11)14(18)17(10-4-8-15)12-5-2-6-12/h3,7,9,12H,2,4-6,8,10,15H2,1H3. The SMILES string of the molecule is Cc1ncccc1C(=O)N(CCCN)C1CCC1. The van der Waals surface area contributed by atoms with Gasteiger partial charge in [0.2, 0.25) is 0 Å². The molecule has 0 spiro atoms. The fourth-order valence-electron chi connectivity index (χ4n) is 2.27. The maximum Gasteiger partial charge on any atom is 0.255 e. The first-order chi connectivity index (χ1) is 8.74. The zero-order chi connectivity index (χ0) is 13.0. The number of nitrogens with zero attached hydrogens (tertiary/aromatic N) is 2. The van der Waals surface area contributed by atoms with E-state index in [0.29, 0.717) is 12.6 Å².